The minimum Gasteiger partial charge on any atom is -0.549 e. The van der Waals surface area contributed by atoms with Gasteiger partial charge in [0.15, 0.2) is 0 Å². The standard InChI is InChI=1S/C19H34N4O8/c1-2-3-15-10-22(13-18(28)29)7-6-20(11-16(24)25)4-5-21(12-17(26)27)8-9-23(15)14-19(30)31/h15H,2-14H2,1H3,(H,24,25)(H,26,27)(H,28,29)(H,30,31)/p-4. The lowest BCUT2D eigenvalue weighted by molar-refractivity contribution is -0.309. The summed E-state index contributed by atoms with van der Waals surface area (Å²) in [4.78, 5) is 51.1. The molecule has 1 atom stereocenters. The van der Waals surface area contributed by atoms with E-state index in [4.69, 9.17) is 0 Å². The van der Waals surface area contributed by atoms with Gasteiger partial charge < -0.3 is 39.6 Å². The zero-order chi connectivity index (χ0) is 23.4. The fourth-order valence-electron chi connectivity index (χ4n) is 3.74. The van der Waals surface area contributed by atoms with Crippen molar-refractivity contribution < 1.29 is 39.6 Å². The van der Waals surface area contributed by atoms with Crippen molar-refractivity contribution >= 4 is 23.9 Å². The van der Waals surface area contributed by atoms with Crippen molar-refractivity contribution in [2.24, 2.45) is 0 Å². The Morgan fingerprint density at radius 3 is 1.45 bits per heavy atom. The first-order chi connectivity index (χ1) is 14.6. The highest BCUT2D eigenvalue weighted by Crippen LogP contribution is 2.11. The van der Waals surface area contributed by atoms with Crippen LogP contribution in [0, 0.1) is 0 Å². The van der Waals surface area contributed by atoms with Gasteiger partial charge in [-0.25, -0.2) is 0 Å². The molecule has 0 radical (unpaired) electrons. The predicted molar refractivity (Wildman–Crippen MR) is 99.6 cm³/mol. The van der Waals surface area contributed by atoms with Crippen LogP contribution in [-0.2, 0) is 19.2 Å². The molecule has 1 rings (SSSR count). The Kier molecular flexibility index (Phi) is 12.0. The molecule has 0 aliphatic carbocycles. The second-order valence-electron chi connectivity index (χ2n) is 7.69. The number of carbonyl (C=O) groups is 4. The molecule has 1 unspecified atom stereocenters. The summed E-state index contributed by atoms with van der Waals surface area (Å²) in [6.07, 6.45) is 1.30. The second-order valence-corrected chi connectivity index (χ2v) is 7.69. The summed E-state index contributed by atoms with van der Waals surface area (Å²) in [6, 6.07) is -0.318. The number of aliphatic carboxylic acids is 4. The van der Waals surface area contributed by atoms with Crippen LogP contribution in [0.5, 0.6) is 0 Å². The Morgan fingerprint density at radius 2 is 1.03 bits per heavy atom. The van der Waals surface area contributed by atoms with Gasteiger partial charge in [-0.1, -0.05) is 13.3 Å². The predicted octanol–water partition coefficient (Wildman–Crippen LogP) is -6.62. The SMILES string of the molecule is CCCC1CN(CC(=O)[O-])CCN(CC(=O)[O-])CCN(CC(=O)[O-])CCN1CC(=O)[O-]. The van der Waals surface area contributed by atoms with Crippen molar-refractivity contribution in [3.05, 3.63) is 0 Å². The van der Waals surface area contributed by atoms with Gasteiger partial charge in [0.2, 0.25) is 0 Å². The fraction of sp³-hybridized carbons (Fsp3) is 0.789. The van der Waals surface area contributed by atoms with Gasteiger partial charge in [-0.2, -0.15) is 0 Å². The third-order valence-electron chi connectivity index (χ3n) is 5.17. The summed E-state index contributed by atoms with van der Waals surface area (Å²) < 4.78 is 0. The van der Waals surface area contributed by atoms with Gasteiger partial charge in [-0.15, -0.1) is 0 Å². The van der Waals surface area contributed by atoms with Gasteiger partial charge in [-0.3, -0.25) is 19.6 Å². The number of nitrogens with zero attached hydrogens (tertiary/aromatic N) is 4. The van der Waals surface area contributed by atoms with E-state index in [1.165, 1.54) is 0 Å². The molecule has 0 N–H and O–H groups in total. The number of carboxylic acids is 4. The quantitative estimate of drug-likeness (QED) is 0.313. The molecule has 0 saturated carbocycles. The molecular formula is C19H30N4O8-4. The number of hydrogen-bond acceptors (Lipinski definition) is 12. The number of rotatable bonds is 10. The summed E-state index contributed by atoms with van der Waals surface area (Å²) in [5.41, 5.74) is 0. The van der Waals surface area contributed by atoms with Gasteiger partial charge in [0, 0.05) is 78.0 Å². The Bertz CT molecular complexity index is 618. The van der Waals surface area contributed by atoms with Gasteiger partial charge in [-0.05, 0) is 6.42 Å². The molecule has 31 heavy (non-hydrogen) atoms. The molecule has 1 heterocycles. The molecule has 12 heteroatoms. The van der Waals surface area contributed by atoms with Crippen LogP contribution in [0.2, 0.25) is 0 Å². The molecule has 1 aliphatic heterocycles. The highest BCUT2D eigenvalue weighted by Gasteiger charge is 2.23. The number of hydrogen-bond donors (Lipinski definition) is 0. The third kappa shape index (κ3) is 11.6. The monoisotopic (exact) mass is 442 g/mol. The minimum absolute atomic E-state index is 0.208. The molecule has 12 nitrogen and oxygen atoms in total. The minimum atomic E-state index is -1.30. The van der Waals surface area contributed by atoms with Crippen LogP contribution in [-0.4, -0.2) is 122 Å². The van der Waals surface area contributed by atoms with E-state index in [2.05, 4.69) is 0 Å². The fourth-order valence-corrected chi connectivity index (χ4v) is 3.74. The van der Waals surface area contributed by atoms with Crippen molar-refractivity contribution in [3.8, 4) is 0 Å². The smallest absolute Gasteiger partial charge is 0.0555 e. The first-order valence-corrected chi connectivity index (χ1v) is 10.3. The van der Waals surface area contributed by atoms with Crippen LogP contribution < -0.4 is 20.4 Å². The van der Waals surface area contributed by atoms with Gasteiger partial charge >= 0.3 is 0 Å². The Balaban J connectivity index is 3.14. The second kappa shape index (κ2) is 13.9. The molecule has 1 saturated heterocycles. The summed E-state index contributed by atoms with van der Waals surface area (Å²) in [5, 5.41) is 44.7. The molecule has 178 valence electrons. The molecule has 0 spiro atoms. The van der Waals surface area contributed by atoms with Gasteiger partial charge in [0.05, 0.1) is 23.9 Å². The van der Waals surface area contributed by atoms with Crippen molar-refractivity contribution in [2.75, 3.05) is 72.0 Å². The van der Waals surface area contributed by atoms with E-state index in [1.54, 1.807) is 19.6 Å². The lowest BCUT2D eigenvalue weighted by atomic mass is 10.1. The summed E-state index contributed by atoms with van der Waals surface area (Å²) in [5.74, 6) is -5.17. The lowest BCUT2D eigenvalue weighted by Gasteiger charge is -2.39. The summed E-state index contributed by atoms with van der Waals surface area (Å²) in [7, 11) is 0. The Labute approximate surface area is 181 Å². The van der Waals surface area contributed by atoms with Crippen LogP contribution in [0.1, 0.15) is 19.8 Å². The lowest BCUT2D eigenvalue weighted by Crippen LogP contribution is -2.55. The maximum atomic E-state index is 11.3. The van der Waals surface area contributed by atoms with E-state index in [1.807, 2.05) is 6.92 Å². The normalized spacial score (nSPS) is 21.1. The number of carboxylic acid groups (broad SMARTS) is 4. The molecule has 0 aromatic heterocycles. The van der Waals surface area contributed by atoms with Crippen LogP contribution >= 0.6 is 0 Å². The van der Waals surface area contributed by atoms with E-state index in [-0.39, 0.29) is 78.0 Å². The van der Waals surface area contributed by atoms with Crippen molar-refractivity contribution in [1.82, 2.24) is 19.6 Å². The van der Waals surface area contributed by atoms with E-state index in [9.17, 15) is 39.6 Å². The third-order valence-corrected chi connectivity index (χ3v) is 5.17. The molecule has 1 aliphatic rings. The average Bonchev–Trinajstić information content (AvgIpc) is 2.63. The van der Waals surface area contributed by atoms with Crippen LogP contribution in [0.3, 0.4) is 0 Å². The zero-order valence-corrected chi connectivity index (χ0v) is 17.8. The molecule has 0 aromatic carbocycles. The maximum absolute atomic E-state index is 11.3. The molecule has 0 bridgehead atoms. The van der Waals surface area contributed by atoms with E-state index in [0.29, 0.717) is 12.8 Å². The average molecular weight is 442 g/mol. The van der Waals surface area contributed by atoms with Crippen molar-refractivity contribution in [2.45, 2.75) is 25.8 Å². The van der Waals surface area contributed by atoms with Gasteiger partial charge in [0.25, 0.3) is 0 Å². The molecule has 1 fully saturated rings. The highest BCUT2D eigenvalue weighted by atomic mass is 16.4. The number of carbonyl (C=O) groups excluding carboxylic acids is 4. The first-order valence-electron chi connectivity index (χ1n) is 10.3. The Hall–Kier alpha value is -2.28. The van der Waals surface area contributed by atoms with E-state index in [0.717, 1.165) is 0 Å². The van der Waals surface area contributed by atoms with Crippen LogP contribution in [0.15, 0.2) is 0 Å². The highest BCUT2D eigenvalue weighted by molar-refractivity contribution is 5.68. The largest absolute Gasteiger partial charge is 0.549 e. The van der Waals surface area contributed by atoms with E-state index >= 15 is 0 Å². The molecule has 0 aromatic rings. The van der Waals surface area contributed by atoms with Crippen LogP contribution in [0.4, 0.5) is 0 Å². The van der Waals surface area contributed by atoms with Crippen molar-refractivity contribution in [3.63, 3.8) is 0 Å². The zero-order valence-electron chi connectivity index (χ0n) is 17.8. The van der Waals surface area contributed by atoms with Crippen molar-refractivity contribution in [1.29, 1.82) is 0 Å². The van der Waals surface area contributed by atoms with Gasteiger partial charge in [0.1, 0.15) is 0 Å². The maximum Gasteiger partial charge on any atom is 0.0555 e. The summed E-state index contributed by atoms with van der Waals surface area (Å²) in [6.45, 7) is 1.89. The van der Waals surface area contributed by atoms with E-state index < -0.39 is 23.9 Å². The summed E-state index contributed by atoms with van der Waals surface area (Å²) >= 11 is 0. The van der Waals surface area contributed by atoms with Crippen LogP contribution in [0.25, 0.3) is 0 Å². The molecular weight excluding hydrogens is 412 g/mol. The Morgan fingerprint density at radius 1 is 0.645 bits per heavy atom. The topological polar surface area (TPSA) is 173 Å². The first kappa shape index (κ1) is 26.8. The molecule has 0 amide bonds.